The highest BCUT2D eigenvalue weighted by molar-refractivity contribution is 5.42. The fraction of sp³-hybridized carbons (Fsp3) is 0.357. The maximum atomic E-state index is 6.00. The van der Waals surface area contributed by atoms with Crippen LogP contribution in [0.25, 0.3) is 5.69 Å². The molecule has 3 nitrogen and oxygen atoms in total. The van der Waals surface area contributed by atoms with Crippen molar-refractivity contribution in [3.05, 3.63) is 42.2 Å². The van der Waals surface area contributed by atoms with Crippen LogP contribution in [0.1, 0.15) is 26.0 Å². The van der Waals surface area contributed by atoms with Gasteiger partial charge in [0.25, 0.3) is 0 Å². The number of nitrogen functional groups attached to an aromatic ring is 1. The molecule has 3 rings (SSSR count). The number of hydrogen-bond donors (Lipinski definition) is 1. The standard InChI is InChI=1S/C14H17N3/c1-10-8-14(10,2)12-9-17(13(15)16-12)11-6-4-3-5-7-11/h3-7,9-10H,8H2,1-2H3,(H2,15,16). The van der Waals surface area contributed by atoms with E-state index in [1.807, 2.05) is 34.9 Å². The van der Waals surface area contributed by atoms with Crippen molar-refractivity contribution in [2.24, 2.45) is 5.92 Å². The van der Waals surface area contributed by atoms with E-state index in [4.69, 9.17) is 5.73 Å². The van der Waals surface area contributed by atoms with Crippen LogP contribution >= 0.6 is 0 Å². The minimum absolute atomic E-state index is 0.230. The van der Waals surface area contributed by atoms with Gasteiger partial charge in [0, 0.05) is 17.3 Å². The van der Waals surface area contributed by atoms with E-state index < -0.39 is 0 Å². The highest BCUT2D eigenvalue weighted by Gasteiger charge is 2.49. The molecule has 0 saturated heterocycles. The first-order chi connectivity index (χ1) is 8.11. The van der Waals surface area contributed by atoms with Crippen LogP contribution in [0.2, 0.25) is 0 Å². The van der Waals surface area contributed by atoms with Crippen LogP contribution in [-0.4, -0.2) is 9.55 Å². The lowest BCUT2D eigenvalue weighted by molar-refractivity contribution is 0.681. The minimum Gasteiger partial charge on any atom is -0.369 e. The normalized spacial score (nSPS) is 27.1. The average Bonchev–Trinajstić information content (AvgIpc) is 2.76. The number of rotatable bonds is 2. The molecule has 2 N–H and O–H groups in total. The van der Waals surface area contributed by atoms with Gasteiger partial charge < -0.3 is 5.73 Å². The van der Waals surface area contributed by atoms with Crippen LogP contribution in [-0.2, 0) is 5.41 Å². The maximum Gasteiger partial charge on any atom is 0.205 e. The summed E-state index contributed by atoms with van der Waals surface area (Å²) in [7, 11) is 0. The summed E-state index contributed by atoms with van der Waals surface area (Å²) >= 11 is 0. The molecule has 1 fully saturated rings. The summed E-state index contributed by atoms with van der Waals surface area (Å²) in [6, 6.07) is 10.1. The van der Waals surface area contributed by atoms with Gasteiger partial charge in [0.1, 0.15) is 0 Å². The van der Waals surface area contributed by atoms with E-state index in [0.717, 1.165) is 11.4 Å². The van der Waals surface area contributed by atoms with Crippen molar-refractivity contribution >= 4 is 5.95 Å². The number of nitrogens with two attached hydrogens (primary N) is 1. The third-order valence-corrected chi connectivity index (χ3v) is 4.01. The maximum absolute atomic E-state index is 6.00. The Kier molecular flexibility index (Phi) is 2.05. The lowest BCUT2D eigenvalue weighted by Gasteiger charge is -2.04. The molecule has 1 saturated carbocycles. The van der Waals surface area contributed by atoms with Crippen molar-refractivity contribution in [1.29, 1.82) is 0 Å². The first-order valence-corrected chi connectivity index (χ1v) is 6.02. The molecule has 0 bridgehead atoms. The molecule has 1 aliphatic carbocycles. The lowest BCUT2D eigenvalue weighted by atomic mass is 10.0. The van der Waals surface area contributed by atoms with Crippen LogP contribution in [0.3, 0.4) is 0 Å². The van der Waals surface area contributed by atoms with Crippen molar-refractivity contribution in [3.8, 4) is 5.69 Å². The van der Waals surface area contributed by atoms with E-state index in [1.165, 1.54) is 6.42 Å². The van der Waals surface area contributed by atoms with Crippen molar-refractivity contribution in [2.45, 2.75) is 25.7 Å². The smallest absolute Gasteiger partial charge is 0.205 e. The molecule has 1 aromatic carbocycles. The third kappa shape index (κ3) is 1.54. The van der Waals surface area contributed by atoms with E-state index in [2.05, 4.69) is 25.0 Å². The molecule has 0 amide bonds. The molecule has 1 heterocycles. The van der Waals surface area contributed by atoms with Crippen molar-refractivity contribution < 1.29 is 0 Å². The summed E-state index contributed by atoms with van der Waals surface area (Å²) < 4.78 is 1.96. The molecule has 1 aromatic heterocycles. The van der Waals surface area contributed by atoms with Gasteiger partial charge in [-0.2, -0.15) is 0 Å². The predicted octanol–water partition coefficient (Wildman–Crippen LogP) is 2.75. The van der Waals surface area contributed by atoms with Crippen LogP contribution < -0.4 is 5.73 Å². The number of hydrogen-bond acceptors (Lipinski definition) is 2. The second kappa shape index (κ2) is 3.36. The van der Waals surface area contributed by atoms with E-state index in [0.29, 0.717) is 11.9 Å². The van der Waals surface area contributed by atoms with Gasteiger partial charge in [0.05, 0.1) is 5.69 Å². The molecule has 2 aromatic rings. The fourth-order valence-electron chi connectivity index (χ4n) is 2.40. The molecule has 0 aliphatic heterocycles. The second-order valence-electron chi connectivity index (χ2n) is 5.21. The zero-order valence-corrected chi connectivity index (χ0v) is 10.2. The van der Waals surface area contributed by atoms with Gasteiger partial charge in [0.2, 0.25) is 5.95 Å². The van der Waals surface area contributed by atoms with E-state index in [-0.39, 0.29) is 5.41 Å². The van der Waals surface area contributed by atoms with Crippen LogP contribution in [0.4, 0.5) is 5.95 Å². The van der Waals surface area contributed by atoms with Gasteiger partial charge in [-0.05, 0) is 24.5 Å². The molecular formula is C14H17N3. The number of imidazole rings is 1. The summed E-state index contributed by atoms with van der Waals surface area (Å²) in [5.74, 6) is 1.28. The summed E-state index contributed by atoms with van der Waals surface area (Å²) in [4.78, 5) is 4.51. The number of para-hydroxylation sites is 1. The number of benzene rings is 1. The second-order valence-corrected chi connectivity index (χ2v) is 5.21. The van der Waals surface area contributed by atoms with Gasteiger partial charge >= 0.3 is 0 Å². The first kappa shape index (κ1) is 10.4. The Hall–Kier alpha value is -1.77. The number of anilines is 1. The Bertz CT molecular complexity index is 544. The van der Waals surface area contributed by atoms with Crippen LogP contribution in [0.15, 0.2) is 36.5 Å². The van der Waals surface area contributed by atoms with Crippen LogP contribution in [0, 0.1) is 5.92 Å². The predicted molar refractivity (Wildman–Crippen MR) is 69.1 cm³/mol. The zero-order chi connectivity index (χ0) is 12.0. The third-order valence-electron chi connectivity index (χ3n) is 4.01. The van der Waals surface area contributed by atoms with Gasteiger partial charge in [-0.1, -0.05) is 32.0 Å². The van der Waals surface area contributed by atoms with Gasteiger partial charge in [-0.15, -0.1) is 0 Å². The molecule has 2 unspecified atom stereocenters. The SMILES string of the molecule is CC1CC1(C)c1cn(-c2ccccc2)c(N)n1. The van der Waals surface area contributed by atoms with E-state index in [9.17, 15) is 0 Å². The molecule has 3 heteroatoms. The summed E-state index contributed by atoms with van der Waals surface area (Å²) in [6.45, 7) is 4.52. The summed E-state index contributed by atoms with van der Waals surface area (Å²) in [5.41, 5.74) is 8.41. The van der Waals surface area contributed by atoms with Gasteiger partial charge in [-0.3, -0.25) is 4.57 Å². The summed E-state index contributed by atoms with van der Waals surface area (Å²) in [6.07, 6.45) is 3.28. The quantitative estimate of drug-likeness (QED) is 0.857. The lowest BCUT2D eigenvalue weighted by Crippen LogP contribution is -2.03. The fourth-order valence-corrected chi connectivity index (χ4v) is 2.40. The Morgan fingerprint density at radius 3 is 2.59 bits per heavy atom. The molecule has 0 radical (unpaired) electrons. The molecule has 88 valence electrons. The monoisotopic (exact) mass is 227 g/mol. The Labute approximate surface area is 101 Å². The molecule has 0 spiro atoms. The van der Waals surface area contributed by atoms with Crippen molar-refractivity contribution in [2.75, 3.05) is 5.73 Å². The van der Waals surface area contributed by atoms with Crippen LogP contribution in [0.5, 0.6) is 0 Å². The van der Waals surface area contributed by atoms with E-state index >= 15 is 0 Å². The average molecular weight is 227 g/mol. The highest BCUT2D eigenvalue weighted by atomic mass is 15.2. The topological polar surface area (TPSA) is 43.8 Å². The number of aromatic nitrogens is 2. The number of nitrogens with zero attached hydrogens (tertiary/aromatic N) is 2. The minimum atomic E-state index is 0.230. The van der Waals surface area contributed by atoms with Gasteiger partial charge in [0.15, 0.2) is 0 Å². The molecule has 1 aliphatic rings. The molecule has 17 heavy (non-hydrogen) atoms. The largest absolute Gasteiger partial charge is 0.369 e. The Morgan fingerprint density at radius 1 is 1.35 bits per heavy atom. The molecular weight excluding hydrogens is 210 g/mol. The Balaban J connectivity index is 2.03. The van der Waals surface area contributed by atoms with Gasteiger partial charge in [-0.25, -0.2) is 4.98 Å². The highest BCUT2D eigenvalue weighted by Crippen LogP contribution is 2.53. The molecule has 2 atom stereocenters. The first-order valence-electron chi connectivity index (χ1n) is 6.02. The van der Waals surface area contributed by atoms with E-state index in [1.54, 1.807) is 0 Å². The van der Waals surface area contributed by atoms with Crippen molar-refractivity contribution in [1.82, 2.24) is 9.55 Å². The van der Waals surface area contributed by atoms with Crippen molar-refractivity contribution in [3.63, 3.8) is 0 Å². The Morgan fingerprint density at radius 2 is 2.00 bits per heavy atom. The summed E-state index contributed by atoms with van der Waals surface area (Å²) in [5, 5.41) is 0. The zero-order valence-electron chi connectivity index (χ0n) is 10.2.